The number of aromatic amines is 1. The summed E-state index contributed by atoms with van der Waals surface area (Å²) in [6.07, 6.45) is 2.54. The number of benzene rings is 2. The summed E-state index contributed by atoms with van der Waals surface area (Å²) in [7, 11) is 1.52. The van der Waals surface area contributed by atoms with Gasteiger partial charge in [0.2, 0.25) is 5.91 Å². The first-order valence-electron chi connectivity index (χ1n) is 10.1. The van der Waals surface area contributed by atoms with Gasteiger partial charge in [-0.25, -0.2) is 0 Å². The molecule has 0 spiro atoms. The van der Waals surface area contributed by atoms with Crippen molar-refractivity contribution in [2.24, 2.45) is 0 Å². The van der Waals surface area contributed by atoms with E-state index in [1.54, 1.807) is 19.1 Å². The molecule has 2 aromatic carbocycles. The van der Waals surface area contributed by atoms with E-state index >= 15 is 0 Å². The third-order valence-corrected chi connectivity index (χ3v) is 5.80. The molecule has 0 radical (unpaired) electrons. The van der Waals surface area contributed by atoms with Crippen LogP contribution in [0.3, 0.4) is 0 Å². The van der Waals surface area contributed by atoms with Gasteiger partial charge in [0.1, 0.15) is 17.8 Å². The van der Waals surface area contributed by atoms with Gasteiger partial charge in [-0.2, -0.15) is 0 Å². The highest BCUT2D eigenvalue weighted by Gasteiger charge is 2.43. The Morgan fingerprint density at radius 2 is 2.10 bits per heavy atom. The Bertz CT molecular complexity index is 1170. The zero-order valence-electron chi connectivity index (χ0n) is 16.8. The predicted molar refractivity (Wildman–Crippen MR) is 110 cm³/mol. The zero-order chi connectivity index (χ0) is 20.8. The quantitative estimate of drug-likeness (QED) is 0.512. The number of H-pyrrole nitrogens is 1. The molecule has 3 heterocycles. The summed E-state index contributed by atoms with van der Waals surface area (Å²) in [6, 6.07) is 9.18. The first-order valence-corrected chi connectivity index (χ1v) is 10.1. The normalized spacial score (nSPS) is 19.6. The van der Waals surface area contributed by atoms with Crippen LogP contribution in [0, 0.1) is 0 Å². The van der Waals surface area contributed by atoms with E-state index in [0.717, 1.165) is 34.2 Å². The van der Waals surface area contributed by atoms with Crippen LogP contribution >= 0.6 is 0 Å². The van der Waals surface area contributed by atoms with Gasteiger partial charge in [0, 0.05) is 35.6 Å². The second-order valence-corrected chi connectivity index (χ2v) is 7.51. The fraction of sp³-hybridized carbons (Fsp3) is 0.304. The van der Waals surface area contributed by atoms with Gasteiger partial charge in [-0.05, 0) is 41.8 Å². The molecule has 5 rings (SSSR count). The van der Waals surface area contributed by atoms with Crippen molar-refractivity contribution in [2.75, 3.05) is 13.7 Å². The van der Waals surface area contributed by atoms with Gasteiger partial charge in [-0.3, -0.25) is 9.59 Å². The lowest BCUT2D eigenvalue weighted by atomic mass is 9.86. The van der Waals surface area contributed by atoms with E-state index in [4.69, 9.17) is 14.2 Å². The molecular weight excluding hydrogens is 384 g/mol. The highest BCUT2D eigenvalue weighted by atomic mass is 16.6. The molecule has 0 saturated carbocycles. The average molecular weight is 406 g/mol. The molecule has 0 saturated heterocycles. The summed E-state index contributed by atoms with van der Waals surface area (Å²) in [5, 5.41) is 4.11. The number of rotatable bonds is 4. The molecule has 0 bridgehead atoms. The fourth-order valence-corrected chi connectivity index (χ4v) is 4.37. The van der Waals surface area contributed by atoms with Gasteiger partial charge < -0.3 is 24.5 Å². The van der Waals surface area contributed by atoms with Crippen LogP contribution in [0.2, 0.25) is 0 Å². The number of aromatic nitrogens is 1. The van der Waals surface area contributed by atoms with Gasteiger partial charge in [-0.15, -0.1) is 0 Å². The summed E-state index contributed by atoms with van der Waals surface area (Å²) in [5.74, 6) is 0.614. The number of esters is 1. The van der Waals surface area contributed by atoms with Crippen LogP contribution < -0.4 is 19.5 Å². The molecule has 0 fully saturated rings. The molecule has 30 heavy (non-hydrogen) atoms. The largest absolute Gasteiger partial charge is 0.493 e. The molecule has 154 valence electrons. The first kappa shape index (κ1) is 18.5. The summed E-state index contributed by atoms with van der Waals surface area (Å²) < 4.78 is 17.1. The number of hydrogen-bond donors (Lipinski definition) is 2. The lowest BCUT2D eigenvalue weighted by molar-refractivity contribution is -0.134. The molecule has 2 N–H and O–H groups in total. The van der Waals surface area contributed by atoms with Gasteiger partial charge >= 0.3 is 5.97 Å². The van der Waals surface area contributed by atoms with E-state index < -0.39 is 12.0 Å². The number of ether oxygens (including phenoxy) is 3. The van der Waals surface area contributed by atoms with E-state index in [1.807, 2.05) is 24.4 Å². The van der Waals surface area contributed by atoms with Crippen LogP contribution in [0.1, 0.15) is 42.1 Å². The molecular formula is C23H22N2O5. The number of nitrogens with one attached hydrogen (secondary N) is 2. The number of carbonyl (C=O) groups is 2. The van der Waals surface area contributed by atoms with Crippen molar-refractivity contribution in [3.8, 4) is 17.2 Å². The van der Waals surface area contributed by atoms with E-state index in [1.165, 1.54) is 12.7 Å². The molecule has 1 amide bonds. The topological polar surface area (TPSA) is 89.7 Å². The van der Waals surface area contributed by atoms with Crippen LogP contribution in [0.5, 0.6) is 17.2 Å². The Hall–Kier alpha value is -3.48. The Balaban J connectivity index is 1.60. The number of hydrogen-bond acceptors (Lipinski definition) is 5. The lowest BCUT2D eigenvalue weighted by Crippen LogP contribution is -2.34. The smallest absolute Gasteiger partial charge is 0.311 e. The maximum absolute atomic E-state index is 13.1. The highest BCUT2D eigenvalue weighted by molar-refractivity contribution is 5.97. The van der Waals surface area contributed by atoms with Crippen LogP contribution in [0.15, 0.2) is 36.5 Å². The summed E-state index contributed by atoms with van der Waals surface area (Å²) >= 11 is 0. The number of amides is 1. The third kappa shape index (κ3) is 2.81. The van der Waals surface area contributed by atoms with Crippen molar-refractivity contribution in [3.63, 3.8) is 0 Å². The Kier molecular flexibility index (Phi) is 4.38. The average Bonchev–Trinajstić information content (AvgIpc) is 3.33. The number of methoxy groups -OCH3 is 1. The van der Waals surface area contributed by atoms with Crippen LogP contribution in [-0.2, 0) is 16.0 Å². The molecule has 7 heteroatoms. The molecule has 0 unspecified atom stereocenters. The predicted octanol–water partition coefficient (Wildman–Crippen LogP) is 3.38. The molecule has 2 aliphatic heterocycles. The molecule has 2 atom stereocenters. The van der Waals surface area contributed by atoms with Crippen molar-refractivity contribution in [3.05, 3.63) is 53.2 Å². The molecule has 7 nitrogen and oxygen atoms in total. The van der Waals surface area contributed by atoms with E-state index in [9.17, 15) is 9.59 Å². The maximum Gasteiger partial charge on any atom is 0.311 e. The summed E-state index contributed by atoms with van der Waals surface area (Å²) in [4.78, 5) is 28.1. The molecule has 0 aliphatic carbocycles. The Labute approximate surface area is 173 Å². The SMILES string of the molecule is CCC(=O)Oc1ccc([C@H]2Oc3ccc4[nH]cc5c4c3[C@@H]2C(=O)NCC5)cc1OC. The van der Waals surface area contributed by atoms with Crippen molar-refractivity contribution in [1.82, 2.24) is 10.3 Å². The first-order chi connectivity index (χ1) is 14.6. The van der Waals surface area contributed by atoms with Crippen molar-refractivity contribution < 1.29 is 23.8 Å². The fourth-order valence-electron chi connectivity index (χ4n) is 4.37. The van der Waals surface area contributed by atoms with Crippen molar-refractivity contribution >= 4 is 22.8 Å². The third-order valence-electron chi connectivity index (χ3n) is 5.80. The molecule has 1 aromatic heterocycles. The summed E-state index contributed by atoms with van der Waals surface area (Å²) in [5.41, 5.74) is 3.89. The minimum absolute atomic E-state index is 0.0569. The van der Waals surface area contributed by atoms with Gasteiger partial charge in [-0.1, -0.05) is 13.0 Å². The van der Waals surface area contributed by atoms with Gasteiger partial charge in [0.25, 0.3) is 0 Å². The lowest BCUT2D eigenvalue weighted by Gasteiger charge is -2.22. The van der Waals surface area contributed by atoms with Gasteiger partial charge in [0.15, 0.2) is 11.5 Å². The Morgan fingerprint density at radius 1 is 1.23 bits per heavy atom. The Morgan fingerprint density at radius 3 is 2.90 bits per heavy atom. The molecule has 2 aliphatic rings. The van der Waals surface area contributed by atoms with Crippen molar-refractivity contribution in [1.29, 1.82) is 0 Å². The summed E-state index contributed by atoms with van der Waals surface area (Å²) in [6.45, 7) is 2.31. The van der Waals surface area contributed by atoms with E-state index in [0.29, 0.717) is 18.0 Å². The van der Waals surface area contributed by atoms with Crippen LogP contribution in [0.25, 0.3) is 10.9 Å². The van der Waals surface area contributed by atoms with E-state index in [2.05, 4.69) is 10.3 Å². The second kappa shape index (κ2) is 7.09. The highest BCUT2D eigenvalue weighted by Crippen LogP contribution is 2.51. The van der Waals surface area contributed by atoms with Crippen molar-refractivity contribution in [2.45, 2.75) is 31.8 Å². The van der Waals surface area contributed by atoms with Crippen LogP contribution in [0.4, 0.5) is 0 Å². The minimum atomic E-state index is -0.503. The zero-order valence-corrected chi connectivity index (χ0v) is 16.8. The van der Waals surface area contributed by atoms with E-state index in [-0.39, 0.29) is 18.3 Å². The maximum atomic E-state index is 13.1. The standard InChI is InChI=1S/C23H22N2O5/c1-3-18(26)29-15-6-4-12(10-17(15)28-2)22-21-20-16(30-22)7-5-14-19(20)13(11-25-14)8-9-24-23(21)27/h4-7,10-11,21-22,25H,3,8-9H2,1-2H3,(H,24,27)/t21-,22+/m0/s1. The second-order valence-electron chi connectivity index (χ2n) is 7.51. The monoisotopic (exact) mass is 406 g/mol. The van der Waals surface area contributed by atoms with Gasteiger partial charge in [0.05, 0.1) is 7.11 Å². The van der Waals surface area contributed by atoms with Crippen LogP contribution in [-0.4, -0.2) is 30.5 Å². The molecule has 3 aromatic rings. The minimum Gasteiger partial charge on any atom is -0.493 e. The number of carbonyl (C=O) groups excluding carboxylic acids is 2.